The highest BCUT2D eigenvalue weighted by molar-refractivity contribution is 5.98. The number of H-pyrrole nitrogens is 2. The van der Waals surface area contributed by atoms with Gasteiger partial charge < -0.3 is 30.4 Å². The maximum absolute atomic E-state index is 11.5. The fraction of sp³-hybridized carbons (Fsp3) is 0.263. The first-order chi connectivity index (χ1) is 24.1. The third kappa shape index (κ3) is 8.75. The summed E-state index contributed by atoms with van der Waals surface area (Å²) in [6.07, 6.45) is 4.22. The van der Waals surface area contributed by atoms with Crippen LogP contribution in [0.25, 0.3) is 50.4 Å². The molecule has 13 nitrogen and oxygen atoms in total. The van der Waals surface area contributed by atoms with Gasteiger partial charge in [0.1, 0.15) is 0 Å². The van der Waals surface area contributed by atoms with Crippen molar-refractivity contribution in [2.24, 2.45) is 0 Å². The van der Waals surface area contributed by atoms with Crippen LogP contribution in [0.5, 0.6) is 0 Å². The molecule has 13 heteroatoms. The summed E-state index contributed by atoms with van der Waals surface area (Å²) in [5.74, 6) is -3.88. The lowest BCUT2D eigenvalue weighted by atomic mass is 10.0. The molecule has 0 aliphatic carbocycles. The summed E-state index contributed by atoms with van der Waals surface area (Å²) < 4.78 is 0. The fourth-order valence-corrected chi connectivity index (χ4v) is 6.05. The largest absolute Gasteiger partial charge is 0.481 e. The van der Waals surface area contributed by atoms with Crippen LogP contribution in [-0.2, 0) is 25.6 Å². The minimum absolute atomic E-state index is 0.0259. The number of carboxylic acids is 4. The molecule has 0 spiro atoms. The second kappa shape index (κ2) is 16.1. The minimum Gasteiger partial charge on any atom is -0.481 e. The molecule has 2 aliphatic heterocycles. The van der Waals surface area contributed by atoms with Gasteiger partial charge in [0.05, 0.1) is 35.9 Å². The van der Waals surface area contributed by atoms with Crippen LogP contribution in [0.2, 0.25) is 0 Å². The average Bonchev–Trinajstić information content (AvgIpc) is 3.71. The molecule has 51 heavy (non-hydrogen) atoms. The molecule has 3 aromatic heterocycles. The van der Waals surface area contributed by atoms with Crippen molar-refractivity contribution in [3.05, 3.63) is 88.5 Å². The van der Waals surface area contributed by atoms with Gasteiger partial charge in [0.15, 0.2) is 0 Å². The molecule has 0 fully saturated rings. The molecule has 8 bridgehead atoms. The molecule has 0 unspecified atom stereocenters. The SMILES string of the molecule is C=CC1=C(C)c2cc3[nH]c(cc4nc(cc5[nH]c(cc1n2)c(C)c5CCC(=O)O)C(CCC(=O)O)=C4C)c(C)c3C=C.O=C(O)CNCC(=O)O. The highest BCUT2D eigenvalue weighted by Crippen LogP contribution is 2.36. The second-order valence-corrected chi connectivity index (χ2v) is 12.1. The molecule has 7 N–H and O–H groups in total. The van der Waals surface area contributed by atoms with E-state index in [1.165, 1.54) is 0 Å². The summed E-state index contributed by atoms with van der Waals surface area (Å²) in [5, 5.41) is 37.0. The molecule has 0 saturated heterocycles. The summed E-state index contributed by atoms with van der Waals surface area (Å²) in [7, 11) is 0. The predicted molar refractivity (Wildman–Crippen MR) is 197 cm³/mol. The number of fused-ring (bicyclic) bond motifs is 8. The van der Waals surface area contributed by atoms with Crippen molar-refractivity contribution in [1.82, 2.24) is 25.3 Å². The third-order valence-electron chi connectivity index (χ3n) is 8.77. The second-order valence-electron chi connectivity index (χ2n) is 12.1. The number of nitrogens with zero attached hydrogens (tertiary/aromatic N) is 2. The van der Waals surface area contributed by atoms with Gasteiger partial charge in [-0.25, -0.2) is 9.97 Å². The Balaban J connectivity index is 0.000000573. The van der Waals surface area contributed by atoms with Gasteiger partial charge in [0, 0.05) is 46.0 Å². The van der Waals surface area contributed by atoms with Crippen molar-refractivity contribution in [1.29, 1.82) is 0 Å². The number of hydrogen-bond donors (Lipinski definition) is 7. The van der Waals surface area contributed by atoms with Crippen LogP contribution in [0.15, 0.2) is 43.5 Å². The predicted octanol–water partition coefficient (Wildman–Crippen LogP) is 6.25. The van der Waals surface area contributed by atoms with Crippen LogP contribution in [0, 0.1) is 13.8 Å². The number of aromatic amines is 2. The van der Waals surface area contributed by atoms with E-state index >= 15 is 0 Å². The Morgan fingerprint density at radius 3 is 1.75 bits per heavy atom. The first-order valence-corrected chi connectivity index (χ1v) is 16.1. The van der Waals surface area contributed by atoms with Crippen molar-refractivity contribution in [3.8, 4) is 0 Å². The summed E-state index contributed by atoms with van der Waals surface area (Å²) in [6, 6.07) is 7.88. The van der Waals surface area contributed by atoms with Crippen LogP contribution in [0.1, 0.15) is 78.1 Å². The maximum Gasteiger partial charge on any atom is 0.317 e. The van der Waals surface area contributed by atoms with Crippen molar-refractivity contribution in [2.45, 2.75) is 53.4 Å². The van der Waals surface area contributed by atoms with E-state index in [0.29, 0.717) is 18.5 Å². The van der Waals surface area contributed by atoms with Gasteiger partial charge in [-0.1, -0.05) is 25.3 Å². The Labute approximate surface area is 293 Å². The lowest BCUT2D eigenvalue weighted by molar-refractivity contribution is -0.138. The number of allylic oxidation sites excluding steroid dienone is 5. The number of rotatable bonds is 12. The van der Waals surface area contributed by atoms with E-state index in [4.69, 9.17) is 20.2 Å². The topological polar surface area (TPSA) is 219 Å². The average molecular weight is 696 g/mol. The van der Waals surface area contributed by atoms with Gasteiger partial charge in [-0.3, -0.25) is 24.5 Å². The van der Waals surface area contributed by atoms with Crippen molar-refractivity contribution < 1.29 is 39.6 Å². The fourth-order valence-electron chi connectivity index (χ4n) is 6.05. The van der Waals surface area contributed by atoms with Crippen LogP contribution < -0.4 is 5.32 Å². The molecule has 266 valence electrons. The third-order valence-corrected chi connectivity index (χ3v) is 8.77. The van der Waals surface area contributed by atoms with E-state index in [1.807, 2.05) is 58.0 Å². The zero-order chi connectivity index (χ0) is 37.6. The first-order valence-electron chi connectivity index (χ1n) is 16.1. The van der Waals surface area contributed by atoms with E-state index in [1.54, 1.807) is 6.08 Å². The number of aryl methyl sites for hydroxylation is 3. The van der Waals surface area contributed by atoms with E-state index in [9.17, 15) is 29.4 Å². The van der Waals surface area contributed by atoms with Gasteiger partial charge in [0.2, 0.25) is 0 Å². The maximum atomic E-state index is 11.5. The Hall–Kier alpha value is -6.08. The van der Waals surface area contributed by atoms with E-state index in [2.05, 4.69) is 28.4 Å². The monoisotopic (exact) mass is 695 g/mol. The first kappa shape index (κ1) is 37.7. The van der Waals surface area contributed by atoms with Crippen molar-refractivity contribution in [2.75, 3.05) is 13.1 Å². The Bertz CT molecular complexity index is 2170. The van der Waals surface area contributed by atoms with Gasteiger partial charge in [-0.2, -0.15) is 0 Å². The molecule has 0 aromatic carbocycles. The van der Waals surface area contributed by atoms with Gasteiger partial charge in [-0.15, -0.1) is 0 Å². The van der Waals surface area contributed by atoms with Gasteiger partial charge in [-0.05, 0) is 98.2 Å². The molecular weight excluding hydrogens is 654 g/mol. The summed E-state index contributed by atoms with van der Waals surface area (Å²) in [6.45, 7) is 15.4. The molecule has 3 aromatic rings. The highest BCUT2D eigenvalue weighted by Gasteiger charge is 2.21. The summed E-state index contributed by atoms with van der Waals surface area (Å²) >= 11 is 0. The van der Waals surface area contributed by atoms with Crippen molar-refractivity contribution in [3.63, 3.8) is 0 Å². The lowest BCUT2D eigenvalue weighted by Crippen LogP contribution is -2.27. The van der Waals surface area contributed by atoms with Crippen LogP contribution in [0.4, 0.5) is 0 Å². The quantitative estimate of drug-likeness (QED) is 0.112. The highest BCUT2D eigenvalue weighted by atomic mass is 16.4. The summed E-state index contributed by atoms with van der Waals surface area (Å²) in [5.41, 5.74) is 13.7. The zero-order valence-corrected chi connectivity index (χ0v) is 28.9. The zero-order valence-electron chi connectivity index (χ0n) is 28.9. The number of aliphatic carboxylic acids is 4. The Morgan fingerprint density at radius 1 is 0.647 bits per heavy atom. The standard InChI is InChI=1S/C34H34N4O4.C4H7NO4/c1-7-21-17(3)25-13-26-19(5)23(9-11-33(39)40)31(37-26)16-32-24(10-12-34(41)42)20(6)28(38-32)15-30-22(8-2)18(4)27(36-30)14-29(21)35-25;6-3(7)1-5-2-4(8)9/h7-8,13-16,35,38H,1-2,9-12H2,3-6H3,(H,39,40)(H,41,42);5H,1-2H2,(H,6,7)(H,8,9). The molecule has 5 rings (SSSR count). The molecule has 5 heterocycles. The van der Waals surface area contributed by atoms with Crippen LogP contribution in [0.3, 0.4) is 0 Å². The van der Waals surface area contributed by atoms with Gasteiger partial charge >= 0.3 is 23.9 Å². The molecule has 0 amide bonds. The number of nitrogens with one attached hydrogen (secondary N) is 3. The smallest absolute Gasteiger partial charge is 0.317 e. The Kier molecular flexibility index (Phi) is 11.9. The van der Waals surface area contributed by atoms with E-state index in [-0.39, 0.29) is 25.9 Å². The Morgan fingerprint density at radius 2 is 1.16 bits per heavy atom. The molecular formula is C38H41N5O8. The molecule has 2 aliphatic rings. The van der Waals surface area contributed by atoms with E-state index < -0.39 is 23.9 Å². The number of carbonyl (C=O) groups is 4. The van der Waals surface area contributed by atoms with E-state index in [0.717, 1.165) is 83.7 Å². The van der Waals surface area contributed by atoms with Gasteiger partial charge in [0.25, 0.3) is 0 Å². The van der Waals surface area contributed by atoms with Crippen molar-refractivity contribution >= 4 is 74.3 Å². The molecule has 0 radical (unpaired) electrons. The normalized spacial score (nSPS) is 12.3. The van der Waals surface area contributed by atoms with Crippen LogP contribution >= 0.6 is 0 Å². The number of hydrogen-bond acceptors (Lipinski definition) is 7. The molecule has 0 atom stereocenters. The van der Waals surface area contributed by atoms with Crippen LogP contribution in [-0.4, -0.2) is 77.3 Å². The number of aromatic nitrogens is 4. The summed E-state index contributed by atoms with van der Waals surface area (Å²) in [4.78, 5) is 59.4. The lowest BCUT2D eigenvalue weighted by Gasteiger charge is -2.03. The number of carboxylic acid groups (broad SMARTS) is 4. The molecule has 0 saturated carbocycles. The minimum atomic E-state index is -1.06.